The summed E-state index contributed by atoms with van der Waals surface area (Å²) >= 11 is 0. The van der Waals surface area contributed by atoms with E-state index in [2.05, 4.69) is 42.3 Å². The van der Waals surface area contributed by atoms with E-state index >= 15 is 0 Å². The maximum Gasteiger partial charge on any atom is 0.0701 e. The summed E-state index contributed by atoms with van der Waals surface area (Å²) in [5.74, 6) is 0. The maximum absolute atomic E-state index is 4.39. The molecule has 0 atom stereocenters. The third-order valence-electron chi connectivity index (χ3n) is 2.52. The molecule has 0 fully saturated rings. The van der Waals surface area contributed by atoms with Gasteiger partial charge >= 0.3 is 0 Å². The molecule has 0 bridgehead atoms. The first kappa shape index (κ1) is 9.20. The van der Waals surface area contributed by atoms with Crippen LogP contribution in [0.25, 0.3) is 5.57 Å². The van der Waals surface area contributed by atoms with Crippen LogP contribution >= 0.6 is 0 Å². The summed E-state index contributed by atoms with van der Waals surface area (Å²) in [7, 11) is 0. The van der Waals surface area contributed by atoms with Gasteiger partial charge in [-0.3, -0.25) is 4.98 Å². The van der Waals surface area contributed by atoms with E-state index < -0.39 is 0 Å². The Hall–Kier alpha value is -1.37. The van der Waals surface area contributed by atoms with Gasteiger partial charge in [0.15, 0.2) is 0 Å². The van der Waals surface area contributed by atoms with Gasteiger partial charge in [-0.25, -0.2) is 0 Å². The molecular formula is C13H15N. The van der Waals surface area contributed by atoms with Crippen molar-refractivity contribution in [1.82, 2.24) is 4.98 Å². The molecule has 1 aromatic rings. The van der Waals surface area contributed by atoms with Gasteiger partial charge in [0.1, 0.15) is 0 Å². The van der Waals surface area contributed by atoms with Crippen molar-refractivity contribution in [2.24, 2.45) is 0 Å². The third-order valence-corrected chi connectivity index (χ3v) is 2.52. The molecule has 1 heterocycles. The molecule has 72 valence electrons. The molecular weight excluding hydrogens is 170 g/mol. The molecule has 14 heavy (non-hydrogen) atoms. The van der Waals surface area contributed by atoms with Gasteiger partial charge in [-0.15, -0.1) is 0 Å². The summed E-state index contributed by atoms with van der Waals surface area (Å²) in [5.41, 5.74) is 3.74. The van der Waals surface area contributed by atoms with Crippen LogP contribution in [0, 0.1) is 0 Å². The molecule has 1 aliphatic carbocycles. The second kappa shape index (κ2) is 4.23. The van der Waals surface area contributed by atoms with E-state index in [9.17, 15) is 0 Å². The topological polar surface area (TPSA) is 12.9 Å². The minimum atomic E-state index is 1.08. The maximum atomic E-state index is 4.39. The quantitative estimate of drug-likeness (QED) is 0.688. The van der Waals surface area contributed by atoms with Gasteiger partial charge in [0.05, 0.1) is 5.69 Å². The standard InChI is InChI=1S/C13H15N/c1-2-11-8-9-14-13(10-11)12-6-4-3-5-7-12/h4,6-10H,2-3,5H2,1H3. The van der Waals surface area contributed by atoms with Gasteiger partial charge in [-0.05, 0) is 42.5 Å². The van der Waals surface area contributed by atoms with Gasteiger partial charge in [-0.2, -0.15) is 0 Å². The van der Waals surface area contributed by atoms with Crippen LogP contribution in [0.5, 0.6) is 0 Å². The molecule has 1 nitrogen and oxygen atoms in total. The van der Waals surface area contributed by atoms with Crippen molar-refractivity contribution in [3.63, 3.8) is 0 Å². The zero-order valence-corrected chi connectivity index (χ0v) is 8.53. The van der Waals surface area contributed by atoms with Crippen molar-refractivity contribution in [3.05, 3.63) is 47.8 Å². The molecule has 0 spiro atoms. The molecule has 0 N–H and O–H groups in total. The van der Waals surface area contributed by atoms with Crippen LogP contribution in [-0.2, 0) is 6.42 Å². The molecule has 2 rings (SSSR count). The van der Waals surface area contributed by atoms with Gasteiger partial charge < -0.3 is 0 Å². The molecule has 1 aromatic heterocycles. The van der Waals surface area contributed by atoms with Crippen LogP contribution in [-0.4, -0.2) is 4.98 Å². The smallest absolute Gasteiger partial charge is 0.0701 e. The van der Waals surface area contributed by atoms with Gasteiger partial charge in [0.2, 0.25) is 0 Å². The molecule has 1 aliphatic rings. The van der Waals surface area contributed by atoms with Crippen LogP contribution < -0.4 is 0 Å². The predicted molar refractivity (Wildman–Crippen MR) is 60.0 cm³/mol. The number of hydrogen-bond donors (Lipinski definition) is 0. The monoisotopic (exact) mass is 185 g/mol. The van der Waals surface area contributed by atoms with Crippen molar-refractivity contribution in [1.29, 1.82) is 0 Å². The summed E-state index contributed by atoms with van der Waals surface area (Å²) in [5, 5.41) is 0. The van der Waals surface area contributed by atoms with Crippen molar-refractivity contribution in [3.8, 4) is 0 Å². The second-order valence-electron chi connectivity index (χ2n) is 3.54. The highest BCUT2D eigenvalue weighted by Crippen LogP contribution is 2.20. The van der Waals surface area contributed by atoms with E-state index in [1.165, 1.54) is 11.1 Å². The van der Waals surface area contributed by atoms with E-state index in [-0.39, 0.29) is 0 Å². The molecule has 0 radical (unpaired) electrons. The van der Waals surface area contributed by atoms with E-state index in [1.54, 1.807) is 0 Å². The molecule has 0 saturated heterocycles. The summed E-state index contributed by atoms with van der Waals surface area (Å²) in [6, 6.07) is 4.26. The number of hydrogen-bond acceptors (Lipinski definition) is 1. The van der Waals surface area contributed by atoms with E-state index in [0.29, 0.717) is 0 Å². The van der Waals surface area contributed by atoms with Crippen LogP contribution in [0.4, 0.5) is 0 Å². The van der Waals surface area contributed by atoms with Gasteiger partial charge in [-0.1, -0.05) is 25.2 Å². The lowest BCUT2D eigenvalue weighted by molar-refractivity contribution is 1.03. The Labute approximate surface area is 85.2 Å². The van der Waals surface area contributed by atoms with Crippen LogP contribution in [0.1, 0.15) is 31.0 Å². The summed E-state index contributed by atoms with van der Waals surface area (Å²) in [6.45, 7) is 2.17. The SMILES string of the molecule is CCc1ccnc(C2=CCCC=C2)c1. The minimum Gasteiger partial charge on any atom is -0.256 e. The number of rotatable bonds is 2. The highest BCUT2D eigenvalue weighted by Gasteiger charge is 2.02. The Balaban J connectivity index is 2.31. The highest BCUT2D eigenvalue weighted by molar-refractivity contribution is 5.72. The summed E-state index contributed by atoms with van der Waals surface area (Å²) in [6.07, 6.45) is 11.9. The first-order valence-electron chi connectivity index (χ1n) is 5.22. The first-order chi connectivity index (χ1) is 6.90. The fourth-order valence-electron chi connectivity index (χ4n) is 1.66. The summed E-state index contributed by atoms with van der Waals surface area (Å²) < 4.78 is 0. The molecule has 0 unspecified atom stereocenters. The number of aromatic nitrogens is 1. The molecule has 0 amide bonds. The fraction of sp³-hybridized carbons (Fsp3) is 0.308. The lowest BCUT2D eigenvalue weighted by atomic mass is 10.0. The van der Waals surface area contributed by atoms with Crippen molar-refractivity contribution >= 4 is 5.57 Å². The van der Waals surface area contributed by atoms with E-state index in [1.807, 2.05) is 6.20 Å². The highest BCUT2D eigenvalue weighted by atomic mass is 14.7. The normalized spacial score (nSPS) is 15.4. The van der Waals surface area contributed by atoms with Crippen LogP contribution in [0.15, 0.2) is 36.6 Å². The van der Waals surface area contributed by atoms with Crippen LogP contribution in [0.2, 0.25) is 0 Å². The number of allylic oxidation sites excluding steroid dienone is 4. The van der Waals surface area contributed by atoms with Gasteiger partial charge in [0.25, 0.3) is 0 Å². The Morgan fingerprint density at radius 2 is 2.29 bits per heavy atom. The zero-order chi connectivity index (χ0) is 9.80. The van der Waals surface area contributed by atoms with E-state index in [0.717, 1.165) is 25.0 Å². The van der Waals surface area contributed by atoms with E-state index in [4.69, 9.17) is 0 Å². The lowest BCUT2D eigenvalue weighted by Crippen LogP contribution is -1.91. The second-order valence-corrected chi connectivity index (χ2v) is 3.54. The largest absolute Gasteiger partial charge is 0.256 e. The Morgan fingerprint density at radius 3 is 3.00 bits per heavy atom. The number of nitrogens with zero attached hydrogens (tertiary/aromatic N) is 1. The fourth-order valence-corrected chi connectivity index (χ4v) is 1.66. The number of aryl methyl sites for hydroxylation is 1. The summed E-state index contributed by atoms with van der Waals surface area (Å²) in [4.78, 5) is 4.39. The van der Waals surface area contributed by atoms with Crippen LogP contribution in [0.3, 0.4) is 0 Å². The molecule has 0 aliphatic heterocycles. The third kappa shape index (κ3) is 1.92. The molecule has 0 aromatic carbocycles. The zero-order valence-electron chi connectivity index (χ0n) is 8.53. The Morgan fingerprint density at radius 1 is 1.36 bits per heavy atom. The van der Waals surface area contributed by atoms with Gasteiger partial charge in [0, 0.05) is 6.20 Å². The average molecular weight is 185 g/mol. The Bertz CT molecular complexity index is 375. The minimum absolute atomic E-state index is 1.08. The van der Waals surface area contributed by atoms with Crippen molar-refractivity contribution < 1.29 is 0 Å². The molecule has 0 saturated carbocycles. The number of pyridine rings is 1. The lowest BCUT2D eigenvalue weighted by Gasteiger charge is -2.07. The van der Waals surface area contributed by atoms with Crippen molar-refractivity contribution in [2.45, 2.75) is 26.2 Å². The van der Waals surface area contributed by atoms with Crippen molar-refractivity contribution in [2.75, 3.05) is 0 Å². The predicted octanol–water partition coefficient (Wildman–Crippen LogP) is 3.38. The first-order valence-corrected chi connectivity index (χ1v) is 5.22. The molecule has 1 heteroatoms. The average Bonchev–Trinajstić information content (AvgIpc) is 2.30. The Kier molecular flexibility index (Phi) is 2.78.